The first-order valence-corrected chi connectivity index (χ1v) is 5.68. The zero-order valence-electron chi connectivity index (χ0n) is 10.4. The van der Waals surface area contributed by atoms with Gasteiger partial charge < -0.3 is 19.8 Å². The fraction of sp³-hybridized carbons (Fsp3) is 0.583. The van der Waals surface area contributed by atoms with Gasteiger partial charge in [0.05, 0.1) is 12.3 Å². The van der Waals surface area contributed by atoms with E-state index in [9.17, 15) is 4.79 Å². The van der Waals surface area contributed by atoms with Gasteiger partial charge in [-0.3, -0.25) is 4.79 Å². The van der Waals surface area contributed by atoms with Crippen LogP contribution in [-0.4, -0.2) is 31.5 Å². The fourth-order valence-electron chi connectivity index (χ4n) is 1.43. The molecular formula is C12H20N2O3. The Hall–Kier alpha value is -1.33. The molecule has 0 amide bonds. The zero-order valence-corrected chi connectivity index (χ0v) is 10.4. The van der Waals surface area contributed by atoms with Gasteiger partial charge in [-0.1, -0.05) is 0 Å². The highest BCUT2D eigenvalue weighted by atomic mass is 16.5. The van der Waals surface area contributed by atoms with Gasteiger partial charge in [-0.2, -0.15) is 0 Å². The molecule has 0 saturated carbocycles. The van der Waals surface area contributed by atoms with Gasteiger partial charge in [-0.25, -0.2) is 0 Å². The van der Waals surface area contributed by atoms with Crippen molar-refractivity contribution in [1.29, 1.82) is 0 Å². The first-order valence-electron chi connectivity index (χ1n) is 5.68. The van der Waals surface area contributed by atoms with Crippen LogP contribution in [0.5, 0.6) is 0 Å². The number of pyridine rings is 1. The largest absolute Gasteiger partial charge is 0.397 e. The third-order valence-electron chi connectivity index (χ3n) is 2.49. The van der Waals surface area contributed by atoms with Crippen LogP contribution >= 0.6 is 0 Å². The number of aryl methyl sites for hydroxylation is 1. The maximum Gasteiger partial charge on any atom is 0.250 e. The van der Waals surface area contributed by atoms with E-state index in [-0.39, 0.29) is 5.56 Å². The molecule has 5 nitrogen and oxygen atoms in total. The molecule has 0 aromatic carbocycles. The van der Waals surface area contributed by atoms with E-state index in [4.69, 9.17) is 15.2 Å². The maximum atomic E-state index is 11.6. The molecule has 0 bridgehead atoms. The second kappa shape index (κ2) is 7.09. The lowest BCUT2D eigenvalue weighted by atomic mass is 10.2. The predicted octanol–water partition coefficient (Wildman–Crippen LogP) is 0.792. The third kappa shape index (κ3) is 4.58. The monoisotopic (exact) mass is 240 g/mol. The number of methoxy groups -OCH3 is 1. The minimum absolute atomic E-state index is 0.0443. The maximum absolute atomic E-state index is 11.6. The molecule has 96 valence electrons. The number of aromatic nitrogens is 1. The van der Waals surface area contributed by atoms with Crippen LogP contribution in [0.4, 0.5) is 5.69 Å². The third-order valence-corrected chi connectivity index (χ3v) is 2.49. The zero-order chi connectivity index (χ0) is 12.7. The molecule has 0 atom stereocenters. The normalized spacial score (nSPS) is 10.7. The summed E-state index contributed by atoms with van der Waals surface area (Å²) in [5.74, 6) is 0. The Labute approximate surface area is 101 Å². The van der Waals surface area contributed by atoms with Crippen LogP contribution in [0.3, 0.4) is 0 Å². The van der Waals surface area contributed by atoms with Crippen LogP contribution in [-0.2, 0) is 16.0 Å². The predicted molar refractivity (Wildman–Crippen MR) is 67.2 cm³/mol. The van der Waals surface area contributed by atoms with E-state index in [2.05, 4.69) is 0 Å². The van der Waals surface area contributed by atoms with E-state index >= 15 is 0 Å². The van der Waals surface area contributed by atoms with Gasteiger partial charge in [0.25, 0.3) is 5.56 Å². The number of nitrogens with zero attached hydrogens (tertiary/aromatic N) is 1. The molecule has 2 N–H and O–H groups in total. The van der Waals surface area contributed by atoms with Crippen LogP contribution in [0, 0.1) is 6.92 Å². The summed E-state index contributed by atoms with van der Waals surface area (Å²) in [6, 6.07) is 1.54. The summed E-state index contributed by atoms with van der Waals surface area (Å²) in [7, 11) is 1.66. The Balaban J connectivity index is 2.37. The summed E-state index contributed by atoms with van der Waals surface area (Å²) in [4.78, 5) is 11.6. The fourth-order valence-corrected chi connectivity index (χ4v) is 1.43. The van der Waals surface area contributed by atoms with Crippen molar-refractivity contribution in [1.82, 2.24) is 4.57 Å². The Kier molecular flexibility index (Phi) is 5.72. The summed E-state index contributed by atoms with van der Waals surface area (Å²) in [6.45, 7) is 4.19. The first kappa shape index (κ1) is 13.7. The summed E-state index contributed by atoms with van der Waals surface area (Å²) >= 11 is 0. The topological polar surface area (TPSA) is 66.5 Å². The van der Waals surface area contributed by atoms with Gasteiger partial charge in [0, 0.05) is 39.1 Å². The number of rotatable bonds is 7. The van der Waals surface area contributed by atoms with E-state index < -0.39 is 0 Å². The lowest BCUT2D eigenvalue weighted by molar-refractivity contribution is 0.0972. The molecule has 0 spiro atoms. The van der Waals surface area contributed by atoms with Crippen molar-refractivity contribution in [2.75, 3.05) is 32.7 Å². The van der Waals surface area contributed by atoms with Gasteiger partial charge in [0.1, 0.15) is 0 Å². The van der Waals surface area contributed by atoms with Crippen molar-refractivity contribution in [2.24, 2.45) is 0 Å². The van der Waals surface area contributed by atoms with Crippen LogP contribution in [0.1, 0.15) is 12.0 Å². The van der Waals surface area contributed by atoms with Crippen molar-refractivity contribution >= 4 is 5.69 Å². The molecule has 0 aliphatic rings. The molecule has 0 radical (unpaired) electrons. The van der Waals surface area contributed by atoms with E-state index in [1.807, 2.05) is 6.92 Å². The van der Waals surface area contributed by atoms with Crippen LogP contribution in [0.15, 0.2) is 17.1 Å². The molecule has 0 aliphatic heterocycles. The number of anilines is 1. The number of hydrogen-bond acceptors (Lipinski definition) is 4. The number of ether oxygens (including phenoxy) is 2. The summed E-state index contributed by atoms with van der Waals surface area (Å²) in [6.07, 6.45) is 2.53. The molecule has 1 rings (SSSR count). The summed E-state index contributed by atoms with van der Waals surface area (Å²) in [5, 5.41) is 0. The Morgan fingerprint density at radius 2 is 2.12 bits per heavy atom. The summed E-state index contributed by atoms with van der Waals surface area (Å²) in [5.41, 5.74) is 7.14. The van der Waals surface area contributed by atoms with Crippen molar-refractivity contribution < 1.29 is 9.47 Å². The molecule has 0 saturated heterocycles. The first-order chi connectivity index (χ1) is 8.15. The van der Waals surface area contributed by atoms with Gasteiger partial charge in [-0.15, -0.1) is 0 Å². The van der Waals surface area contributed by atoms with Gasteiger partial charge >= 0.3 is 0 Å². The average Bonchev–Trinajstić information content (AvgIpc) is 2.30. The van der Waals surface area contributed by atoms with Crippen LogP contribution in [0.2, 0.25) is 0 Å². The van der Waals surface area contributed by atoms with Gasteiger partial charge in [0.2, 0.25) is 0 Å². The highest BCUT2D eigenvalue weighted by molar-refractivity contribution is 5.42. The number of nitrogens with two attached hydrogens (primary N) is 1. The Bertz CT molecular complexity index is 401. The van der Waals surface area contributed by atoms with E-state index in [1.54, 1.807) is 23.9 Å². The second-order valence-electron chi connectivity index (χ2n) is 3.90. The quantitative estimate of drug-likeness (QED) is 0.716. The van der Waals surface area contributed by atoms with E-state index in [0.29, 0.717) is 32.1 Å². The lowest BCUT2D eigenvalue weighted by Gasteiger charge is -2.08. The van der Waals surface area contributed by atoms with Crippen LogP contribution in [0.25, 0.3) is 0 Å². The average molecular weight is 240 g/mol. The minimum Gasteiger partial charge on any atom is -0.397 e. The van der Waals surface area contributed by atoms with Gasteiger partial charge in [0.15, 0.2) is 0 Å². The van der Waals surface area contributed by atoms with Gasteiger partial charge in [-0.05, 0) is 18.9 Å². The second-order valence-corrected chi connectivity index (χ2v) is 3.90. The molecule has 1 aromatic heterocycles. The molecule has 0 fully saturated rings. The van der Waals surface area contributed by atoms with Crippen LogP contribution < -0.4 is 11.3 Å². The minimum atomic E-state index is -0.0443. The highest BCUT2D eigenvalue weighted by Gasteiger charge is 2.00. The number of nitrogen functional groups attached to an aromatic ring is 1. The van der Waals surface area contributed by atoms with Crippen molar-refractivity contribution in [3.05, 3.63) is 28.2 Å². The molecule has 0 aliphatic carbocycles. The number of hydrogen-bond donors (Lipinski definition) is 1. The standard InChI is InChI=1S/C12H20N2O3/c1-10-8-12(15)14(9-11(10)13)4-7-17-6-3-5-16-2/h8-9H,3-7,13H2,1-2H3. The van der Waals surface area contributed by atoms with E-state index in [1.165, 1.54) is 0 Å². The summed E-state index contributed by atoms with van der Waals surface area (Å²) < 4.78 is 11.9. The highest BCUT2D eigenvalue weighted by Crippen LogP contribution is 2.04. The van der Waals surface area contributed by atoms with E-state index in [0.717, 1.165) is 12.0 Å². The molecule has 1 aromatic rings. The Morgan fingerprint density at radius 3 is 2.82 bits per heavy atom. The molecule has 17 heavy (non-hydrogen) atoms. The Morgan fingerprint density at radius 1 is 1.35 bits per heavy atom. The molecule has 1 heterocycles. The van der Waals surface area contributed by atoms with Crippen molar-refractivity contribution in [3.8, 4) is 0 Å². The van der Waals surface area contributed by atoms with Crippen molar-refractivity contribution in [3.63, 3.8) is 0 Å². The lowest BCUT2D eigenvalue weighted by Crippen LogP contribution is -2.22. The van der Waals surface area contributed by atoms with Crippen molar-refractivity contribution in [2.45, 2.75) is 19.9 Å². The smallest absolute Gasteiger partial charge is 0.250 e. The molecular weight excluding hydrogens is 220 g/mol. The SMILES string of the molecule is COCCCOCCn1cc(N)c(C)cc1=O. The molecule has 5 heteroatoms. The molecule has 0 unspecified atom stereocenters.